The van der Waals surface area contributed by atoms with Gasteiger partial charge in [0.15, 0.2) is 0 Å². The van der Waals surface area contributed by atoms with E-state index in [1.165, 1.54) is 26.6 Å². The van der Waals surface area contributed by atoms with Crippen LogP contribution in [-0.2, 0) is 35.9 Å². The number of amides is 2. The van der Waals surface area contributed by atoms with Gasteiger partial charge < -0.3 is 10.2 Å². The summed E-state index contributed by atoms with van der Waals surface area (Å²) >= 11 is 0. The van der Waals surface area contributed by atoms with Crippen LogP contribution in [0.15, 0.2) is 6.07 Å². The fraction of sp³-hybridized carbons (Fsp3) is 0.632. The third-order valence-electron chi connectivity index (χ3n) is 6.71. The summed E-state index contributed by atoms with van der Waals surface area (Å²) in [6.45, 7) is 1.19. The van der Waals surface area contributed by atoms with Crippen LogP contribution in [0.4, 0.5) is 10.5 Å². The van der Waals surface area contributed by atoms with Gasteiger partial charge in [-0.25, -0.2) is 9.52 Å². The van der Waals surface area contributed by atoms with Gasteiger partial charge in [-0.2, -0.15) is 12.7 Å². The predicted molar refractivity (Wildman–Crippen MR) is 103 cm³/mol. The number of fused-ring (bicyclic) bond motifs is 4. The molecule has 2 aliphatic carbocycles. The zero-order valence-corrected chi connectivity index (χ0v) is 16.4. The minimum absolute atomic E-state index is 0.0319. The number of nitrogens with zero attached hydrogens (tertiary/aromatic N) is 2. The lowest BCUT2D eigenvalue weighted by Gasteiger charge is -2.30. The topological polar surface area (TPSA) is 81.8 Å². The highest BCUT2D eigenvalue weighted by Gasteiger charge is 2.47. The van der Waals surface area contributed by atoms with Gasteiger partial charge in [-0.1, -0.05) is 6.07 Å². The number of likely N-dealkylation sites (tertiary alicyclic amines) is 1. The van der Waals surface area contributed by atoms with E-state index in [2.05, 4.69) is 21.0 Å². The molecular formula is C19H26N4O3S. The van der Waals surface area contributed by atoms with Crippen LogP contribution in [0.25, 0.3) is 0 Å². The van der Waals surface area contributed by atoms with Crippen LogP contribution in [0.3, 0.4) is 0 Å². The van der Waals surface area contributed by atoms with Gasteiger partial charge in [0, 0.05) is 30.9 Å². The second kappa shape index (κ2) is 6.18. The van der Waals surface area contributed by atoms with Crippen LogP contribution in [0.2, 0.25) is 0 Å². The summed E-state index contributed by atoms with van der Waals surface area (Å²) in [4.78, 5) is 14.8. The van der Waals surface area contributed by atoms with Crippen molar-refractivity contribution in [3.8, 4) is 0 Å². The summed E-state index contributed by atoms with van der Waals surface area (Å²) in [6, 6.07) is 1.88. The molecule has 0 aromatic heterocycles. The smallest absolute Gasteiger partial charge is 0.307 e. The van der Waals surface area contributed by atoms with Crippen molar-refractivity contribution in [1.82, 2.24) is 13.9 Å². The Morgan fingerprint density at radius 1 is 1.04 bits per heavy atom. The second-order valence-electron chi connectivity index (χ2n) is 8.35. The second-order valence-corrected chi connectivity index (χ2v) is 9.97. The lowest BCUT2D eigenvalue weighted by atomic mass is 9.99. The average Bonchev–Trinajstić information content (AvgIpc) is 3.36. The Morgan fingerprint density at radius 2 is 1.70 bits per heavy atom. The Morgan fingerprint density at radius 3 is 2.26 bits per heavy atom. The van der Waals surface area contributed by atoms with E-state index in [0.717, 1.165) is 57.2 Å². The van der Waals surface area contributed by atoms with Gasteiger partial charge >= 0.3 is 16.2 Å². The maximum absolute atomic E-state index is 12.7. The summed E-state index contributed by atoms with van der Waals surface area (Å²) in [5.41, 5.74) is 5.89. The van der Waals surface area contributed by atoms with Crippen molar-refractivity contribution in [3.05, 3.63) is 28.3 Å². The Kier molecular flexibility index (Phi) is 4.00. The summed E-state index contributed by atoms with van der Waals surface area (Å²) in [5, 5.41) is 2.91. The Bertz CT molecular complexity index is 880. The first kappa shape index (κ1) is 17.5. The number of urea groups is 1. The van der Waals surface area contributed by atoms with Gasteiger partial charge in [0.2, 0.25) is 0 Å². The third-order valence-corrected chi connectivity index (χ3v) is 8.21. The molecule has 4 aliphatic rings. The molecule has 0 radical (unpaired) electrons. The lowest BCUT2D eigenvalue weighted by Crippen LogP contribution is -2.52. The van der Waals surface area contributed by atoms with Gasteiger partial charge in [0.05, 0.1) is 0 Å². The van der Waals surface area contributed by atoms with Gasteiger partial charge in [-0.05, 0) is 74.2 Å². The molecule has 7 nitrogen and oxygen atoms in total. The third kappa shape index (κ3) is 2.85. The molecule has 2 fully saturated rings. The first-order valence-corrected chi connectivity index (χ1v) is 11.3. The molecule has 1 aromatic carbocycles. The number of hydrogen-bond donors (Lipinski definition) is 2. The number of benzene rings is 1. The van der Waals surface area contributed by atoms with E-state index in [0.29, 0.717) is 6.54 Å². The van der Waals surface area contributed by atoms with Gasteiger partial charge in [-0.15, -0.1) is 0 Å². The van der Waals surface area contributed by atoms with Crippen molar-refractivity contribution in [1.29, 1.82) is 0 Å². The zero-order chi connectivity index (χ0) is 18.8. The number of piperazine rings is 1. The van der Waals surface area contributed by atoms with Crippen LogP contribution in [-0.4, -0.2) is 55.9 Å². The number of carbonyl (C=O) groups excluding carboxylic acids is 1. The summed E-state index contributed by atoms with van der Waals surface area (Å²) < 4.78 is 29.2. The molecule has 0 spiro atoms. The Hall–Kier alpha value is -1.64. The minimum Gasteiger partial charge on any atom is -0.307 e. The maximum atomic E-state index is 12.7. The molecule has 0 saturated carbocycles. The van der Waals surface area contributed by atoms with E-state index < -0.39 is 16.2 Å². The number of carbonyl (C=O) groups is 1. The molecule has 1 aromatic rings. The summed E-state index contributed by atoms with van der Waals surface area (Å²) in [7, 11) is -1.80. The van der Waals surface area contributed by atoms with Crippen molar-refractivity contribution in [2.45, 2.75) is 57.0 Å². The molecular weight excluding hydrogens is 364 g/mol. The van der Waals surface area contributed by atoms with Gasteiger partial charge in [0.1, 0.15) is 0 Å². The number of aryl methyl sites for hydroxylation is 2. The van der Waals surface area contributed by atoms with Crippen LogP contribution < -0.4 is 10.0 Å². The van der Waals surface area contributed by atoms with Crippen molar-refractivity contribution in [3.63, 3.8) is 0 Å². The largest absolute Gasteiger partial charge is 0.333 e. The van der Waals surface area contributed by atoms with E-state index in [-0.39, 0.29) is 12.1 Å². The highest BCUT2D eigenvalue weighted by atomic mass is 32.2. The van der Waals surface area contributed by atoms with Crippen molar-refractivity contribution >= 4 is 21.9 Å². The van der Waals surface area contributed by atoms with E-state index in [4.69, 9.17) is 0 Å². The van der Waals surface area contributed by atoms with Crippen molar-refractivity contribution in [2.75, 3.05) is 25.5 Å². The zero-order valence-electron chi connectivity index (χ0n) is 15.6. The predicted octanol–water partition coefficient (Wildman–Crippen LogP) is 1.42. The van der Waals surface area contributed by atoms with Gasteiger partial charge in [-0.3, -0.25) is 0 Å². The monoisotopic (exact) mass is 390 g/mol. The average molecular weight is 391 g/mol. The van der Waals surface area contributed by atoms with E-state index in [1.807, 2.05) is 7.05 Å². The lowest BCUT2D eigenvalue weighted by molar-refractivity contribution is 0.214. The molecule has 2 saturated heterocycles. The maximum Gasteiger partial charge on any atom is 0.333 e. The van der Waals surface area contributed by atoms with Crippen molar-refractivity contribution < 1.29 is 13.2 Å². The standard InChI is InChI=1S/C19H26N4O3S/c1-22-10-15-9-14(22)11-23(15)27(25,26)21-19(24)20-18-16-6-2-4-12(16)8-13-5-3-7-17(13)18/h8,14-15H,2-7,9-11H2,1H3,(H2,20,21,24)/t14-,15-/m0/s1. The molecule has 2 N–H and O–H groups in total. The molecule has 2 bridgehead atoms. The minimum atomic E-state index is -3.82. The van der Waals surface area contributed by atoms with E-state index in [1.54, 1.807) is 0 Å². The van der Waals surface area contributed by atoms with Crippen LogP contribution in [0.5, 0.6) is 0 Å². The number of anilines is 1. The molecule has 27 heavy (non-hydrogen) atoms. The van der Waals surface area contributed by atoms with Crippen LogP contribution >= 0.6 is 0 Å². The number of hydrogen-bond acceptors (Lipinski definition) is 4. The highest BCUT2D eigenvalue weighted by molar-refractivity contribution is 7.87. The summed E-state index contributed by atoms with van der Waals surface area (Å²) in [5.74, 6) is 0. The van der Waals surface area contributed by atoms with Gasteiger partial charge in [0.25, 0.3) is 0 Å². The molecule has 5 rings (SSSR count). The fourth-order valence-corrected chi connectivity index (χ4v) is 6.72. The molecule has 0 unspecified atom stereocenters. The Labute approximate surface area is 160 Å². The molecule has 2 heterocycles. The van der Waals surface area contributed by atoms with Crippen LogP contribution in [0.1, 0.15) is 41.5 Å². The highest BCUT2D eigenvalue weighted by Crippen LogP contribution is 2.38. The molecule has 2 aliphatic heterocycles. The SMILES string of the molecule is CN1C[C@@H]2C[C@H]1CN2S(=O)(=O)NC(=O)Nc1c2c(cc3c1CCC3)CCC2. The fourth-order valence-electron chi connectivity index (χ4n) is 5.41. The molecule has 146 valence electrons. The molecule has 2 amide bonds. The molecule has 2 atom stereocenters. The first-order chi connectivity index (χ1) is 12.9. The normalized spacial score (nSPS) is 27.0. The number of rotatable bonds is 3. The first-order valence-electron chi connectivity index (χ1n) is 9.89. The quantitative estimate of drug-likeness (QED) is 0.818. The van der Waals surface area contributed by atoms with E-state index >= 15 is 0 Å². The summed E-state index contributed by atoms with van der Waals surface area (Å²) in [6.07, 6.45) is 7.02. The van der Waals surface area contributed by atoms with E-state index in [9.17, 15) is 13.2 Å². The molecule has 8 heteroatoms. The number of nitrogens with one attached hydrogen (secondary N) is 2. The number of likely N-dealkylation sites (N-methyl/N-ethyl adjacent to an activating group) is 1. The Balaban J connectivity index is 1.35. The van der Waals surface area contributed by atoms with Crippen molar-refractivity contribution in [2.24, 2.45) is 0 Å². The van der Waals surface area contributed by atoms with Crippen LogP contribution in [0, 0.1) is 0 Å².